The molecule has 1 aromatic carbocycles. The number of hydrogen-bond acceptors (Lipinski definition) is 3. The van der Waals surface area contributed by atoms with Gasteiger partial charge in [-0.05, 0) is 17.7 Å². The van der Waals surface area contributed by atoms with Crippen LogP contribution in [0, 0.1) is 0 Å². The standard InChI is InChI=1S/C11H13ClN4/c1-13-11-14-10(16(2)15-11)7-8-3-5-9(12)6-4-8/h3-6H,7H2,1-2H3,(H,13,15). The molecule has 16 heavy (non-hydrogen) atoms. The van der Waals surface area contributed by atoms with E-state index in [-0.39, 0.29) is 0 Å². The van der Waals surface area contributed by atoms with E-state index < -0.39 is 0 Å². The molecule has 84 valence electrons. The summed E-state index contributed by atoms with van der Waals surface area (Å²) in [6.07, 6.45) is 0.752. The largest absolute Gasteiger partial charge is 0.356 e. The Hall–Kier alpha value is -1.55. The molecule has 0 saturated heterocycles. The quantitative estimate of drug-likeness (QED) is 0.888. The molecule has 0 aliphatic carbocycles. The van der Waals surface area contributed by atoms with E-state index in [2.05, 4.69) is 15.4 Å². The molecular formula is C11H13ClN4. The number of rotatable bonds is 3. The highest BCUT2D eigenvalue weighted by Crippen LogP contribution is 2.13. The molecule has 0 atom stereocenters. The van der Waals surface area contributed by atoms with Crippen LogP contribution in [0.5, 0.6) is 0 Å². The maximum Gasteiger partial charge on any atom is 0.242 e. The molecule has 5 heteroatoms. The first-order valence-corrected chi connectivity index (χ1v) is 5.39. The van der Waals surface area contributed by atoms with Crippen LogP contribution >= 0.6 is 11.6 Å². The lowest BCUT2D eigenvalue weighted by Gasteiger charge is -2.00. The van der Waals surface area contributed by atoms with Gasteiger partial charge in [0.1, 0.15) is 5.82 Å². The van der Waals surface area contributed by atoms with Gasteiger partial charge in [0.25, 0.3) is 0 Å². The van der Waals surface area contributed by atoms with Gasteiger partial charge in [-0.1, -0.05) is 23.7 Å². The van der Waals surface area contributed by atoms with Crippen molar-refractivity contribution in [3.05, 3.63) is 40.7 Å². The highest BCUT2D eigenvalue weighted by molar-refractivity contribution is 6.30. The molecule has 0 unspecified atom stereocenters. The van der Waals surface area contributed by atoms with Crippen molar-refractivity contribution in [1.29, 1.82) is 0 Å². The Balaban J connectivity index is 2.19. The Kier molecular flexibility index (Phi) is 3.10. The maximum absolute atomic E-state index is 5.83. The SMILES string of the molecule is CNc1nc(Cc2ccc(Cl)cc2)n(C)n1. The summed E-state index contributed by atoms with van der Waals surface area (Å²) in [5.74, 6) is 1.57. The third-order valence-corrected chi connectivity index (χ3v) is 2.60. The zero-order chi connectivity index (χ0) is 11.5. The first-order valence-electron chi connectivity index (χ1n) is 5.01. The number of aryl methyl sites for hydroxylation is 1. The van der Waals surface area contributed by atoms with Gasteiger partial charge in [0.2, 0.25) is 5.95 Å². The summed E-state index contributed by atoms with van der Waals surface area (Å²) < 4.78 is 1.78. The summed E-state index contributed by atoms with van der Waals surface area (Å²) >= 11 is 5.83. The molecule has 0 bridgehead atoms. The molecule has 1 N–H and O–H groups in total. The molecular weight excluding hydrogens is 224 g/mol. The van der Waals surface area contributed by atoms with Crippen LogP contribution in [0.4, 0.5) is 5.95 Å². The maximum atomic E-state index is 5.83. The fourth-order valence-electron chi connectivity index (χ4n) is 1.46. The number of benzene rings is 1. The topological polar surface area (TPSA) is 42.7 Å². The molecule has 2 aromatic rings. The van der Waals surface area contributed by atoms with Crippen molar-refractivity contribution in [2.24, 2.45) is 7.05 Å². The second-order valence-electron chi connectivity index (χ2n) is 3.53. The molecule has 0 spiro atoms. The van der Waals surface area contributed by atoms with Crippen molar-refractivity contribution in [3.63, 3.8) is 0 Å². The second kappa shape index (κ2) is 4.53. The molecule has 0 aliphatic rings. The molecule has 1 aromatic heterocycles. The lowest BCUT2D eigenvalue weighted by Crippen LogP contribution is -2.00. The molecule has 0 fully saturated rings. The van der Waals surface area contributed by atoms with Gasteiger partial charge >= 0.3 is 0 Å². The number of hydrogen-bond donors (Lipinski definition) is 1. The first kappa shape index (κ1) is 11.0. The van der Waals surface area contributed by atoms with Crippen LogP contribution in [0.15, 0.2) is 24.3 Å². The average Bonchev–Trinajstić information content (AvgIpc) is 2.63. The van der Waals surface area contributed by atoms with Crippen LogP contribution < -0.4 is 5.32 Å². The predicted octanol–water partition coefficient (Wildman–Crippen LogP) is 2.10. The van der Waals surface area contributed by atoms with Crippen LogP contribution in [0.25, 0.3) is 0 Å². The van der Waals surface area contributed by atoms with E-state index in [4.69, 9.17) is 11.6 Å². The normalized spacial score (nSPS) is 10.4. The van der Waals surface area contributed by atoms with Gasteiger partial charge in [-0.15, -0.1) is 5.10 Å². The van der Waals surface area contributed by atoms with Crippen molar-refractivity contribution < 1.29 is 0 Å². The Morgan fingerprint density at radius 2 is 2.00 bits per heavy atom. The number of anilines is 1. The monoisotopic (exact) mass is 236 g/mol. The third kappa shape index (κ3) is 2.33. The number of halogens is 1. The highest BCUT2D eigenvalue weighted by atomic mass is 35.5. The van der Waals surface area contributed by atoms with Crippen molar-refractivity contribution in [2.75, 3.05) is 12.4 Å². The molecule has 1 heterocycles. The zero-order valence-electron chi connectivity index (χ0n) is 9.24. The van der Waals surface area contributed by atoms with Crippen molar-refractivity contribution in [2.45, 2.75) is 6.42 Å². The van der Waals surface area contributed by atoms with Crippen molar-refractivity contribution in [1.82, 2.24) is 14.8 Å². The highest BCUT2D eigenvalue weighted by Gasteiger charge is 2.06. The van der Waals surface area contributed by atoms with Crippen LogP contribution in [-0.4, -0.2) is 21.8 Å². The number of nitrogens with zero attached hydrogens (tertiary/aromatic N) is 3. The summed E-state index contributed by atoms with van der Waals surface area (Å²) in [7, 11) is 3.69. The van der Waals surface area contributed by atoms with Crippen LogP contribution in [-0.2, 0) is 13.5 Å². The first-order chi connectivity index (χ1) is 7.69. The average molecular weight is 237 g/mol. The fraction of sp³-hybridized carbons (Fsp3) is 0.273. The van der Waals surface area contributed by atoms with Gasteiger partial charge in [0, 0.05) is 25.5 Å². The second-order valence-corrected chi connectivity index (χ2v) is 3.96. The third-order valence-electron chi connectivity index (χ3n) is 2.35. The smallest absolute Gasteiger partial charge is 0.242 e. The van der Waals surface area contributed by atoms with Gasteiger partial charge in [-0.3, -0.25) is 4.68 Å². The lowest BCUT2D eigenvalue weighted by atomic mass is 10.1. The molecule has 0 saturated carbocycles. The van der Waals surface area contributed by atoms with Gasteiger partial charge in [0.05, 0.1) is 0 Å². The minimum Gasteiger partial charge on any atom is -0.356 e. The van der Waals surface area contributed by atoms with Gasteiger partial charge < -0.3 is 5.32 Å². The van der Waals surface area contributed by atoms with Crippen molar-refractivity contribution >= 4 is 17.5 Å². The molecule has 0 aliphatic heterocycles. The van der Waals surface area contributed by atoms with Gasteiger partial charge in [0.15, 0.2) is 0 Å². The molecule has 0 radical (unpaired) electrons. The van der Waals surface area contributed by atoms with Crippen LogP contribution in [0.2, 0.25) is 5.02 Å². The van der Waals surface area contributed by atoms with E-state index in [1.54, 1.807) is 11.7 Å². The Morgan fingerprint density at radius 1 is 1.31 bits per heavy atom. The minimum absolute atomic E-state index is 0.645. The van der Waals surface area contributed by atoms with Gasteiger partial charge in [-0.25, -0.2) is 0 Å². The minimum atomic E-state index is 0.645. The summed E-state index contributed by atoms with van der Waals surface area (Å²) in [5.41, 5.74) is 1.17. The van der Waals surface area contributed by atoms with E-state index in [1.165, 1.54) is 5.56 Å². The Labute approximate surface area is 99.3 Å². The lowest BCUT2D eigenvalue weighted by molar-refractivity contribution is 0.717. The van der Waals surface area contributed by atoms with E-state index in [0.717, 1.165) is 17.3 Å². The number of nitrogens with one attached hydrogen (secondary N) is 1. The van der Waals surface area contributed by atoms with E-state index in [0.29, 0.717) is 5.95 Å². The van der Waals surface area contributed by atoms with Crippen molar-refractivity contribution in [3.8, 4) is 0 Å². The predicted molar refractivity (Wildman–Crippen MR) is 64.8 cm³/mol. The van der Waals surface area contributed by atoms with Gasteiger partial charge in [-0.2, -0.15) is 4.98 Å². The zero-order valence-corrected chi connectivity index (χ0v) is 9.99. The fourth-order valence-corrected chi connectivity index (χ4v) is 1.59. The van der Waals surface area contributed by atoms with Crippen LogP contribution in [0.1, 0.15) is 11.4 Å². The Morgan fingerprint density at radius 3 is 2.56 bits per heavy atom. The van der Waals surface area contributed by atoms with E-state index in [1.807, 2.05) is 31.3 Å². The number of aromatic nitrogens is 3. The van der Waals surface area contributed by atoms with Crippen LogP contribution in [0.3, 0.4) is 0 Å². The van der Waals surface area contributed by atoms with E-state index >= 15 is 0 Å². The Bertz CT molecular complexity index is 475. The summed E-state index contributed by atoms with van der Waals surface area (Å²) in [4.78, 5) is 4.35. The summed E-state index contributed by atoms with van der Waals surface area (Å²) in [6, 6.07) is 7.75. The summed E-state index contributed by atoms with van der Waals surface area (Å²) in [5, 5.41) is 7.88. The molecule has 2 rings (SSSR count). The molecule has 0 amide bonds. The molecule has 4 nitrogen and oxygen atoms in total. The summed E-state index contributed by atoms with van der Waals surface area (Å²) in [6.45, 7) is 0. The van der Waals surface area contributed by atoms with E-state index in [9.17, 15) is 0 Å².